The summed E-state index contributed by atoms with van der Waals surface area (Å²) in [6, 6.07) is 30.3. The molecule has 1 aliphatic rings. The van der Waals surface area contributed by atoms with E-state index >= 15 is 0 Å². The van der Waals surface area contributed by atoms with Gasteiger partial charge in [0.2, 0.25) is 0 Å². The molecule has 2 heterocycles. The largest absolute Gasteiger partial charge is 0.492 e. The first-order chi connectivity index (χ1) is 18.2. The molecular weight excluding hydrogens is 460 g/mol. The van der Waals surface area contributed by atoms with Gasteiger partial charge in [0.25, 0.3) is 5.91 Å². The number of carbonyl (C=O) groups is 1. The molecule has 37 heavy (non-hydrogen) atoms. The molecule has 5 aromatic rings. The van der Waals surface area contributed by atoms with E-state index in [4.69, 9.17) is 4.74 Å². The van der Waals surface area contributed by atoms with Crippen LogP contribution in [0.5, 0.6) is 5.75 Å². The summed E-state index contributed by atoms with van der Waals surface area (Å²) in [6.45, 7) is 0.398. The Balaban J connectivity index is 1.29. The van der Waals surface area contributed by atoms with E-state index in [-0.39, 0.29) is 12.5 Å². The van der Waals surface area contributed by atoms with Crippen LogP contribution in [0.15, 0.2) is 97.2 Å². The zero-order valence-electron chi connectivity index (χ0n) is 20.4. The fourth-order valence-corrected chi connectivity index (χ4v) is 5.14. The van der Waals surface area contributed by atoms with E-state index in [1.54, 1.807) is 0 Å². The first-order valence-electron chi connectivity index (χ1n) is 12.6. The Labute approximate surface area is 215 Å². The molecule has 1 atom stereocenters. The van der Waals surface area contributed by atoms with E-state index in [9.17, 15) is 9.90 Å². The van der Waals surface area contributed by atoms with Crippen molar-refractivity contribution in [2.24, 2.45) is 0 Å². The molecule has 5 heteroatoms. The molecular formula is C32H28N2O3. The van der Waals surface area contributed by atoms with Crippen molar-refractivity contribution in [3.8, 4) is 28.0 Å². The molecule has 0 radical (unpaired) electrons. The minimum absolute atomic E-state index is 0.160. The topological polar surface area (TPSA) is 74.4 Å². The summed E-state index contributed by atoms with van der Waals surface area (Å²) in [5, 5.41) is 14.2. The number of aromatic amines is 1. The predicted octanol–water partition coefficient (Wildman–Crippen LogP) is 5.77. The lowest BCUT2D eigenvalue weighted by Crippen LogP contribution is -2.39. The quantitative estimate of drug-likeness (QED) is 0.272. The van der Waals surface area contributed by atoms with Crippen molar-refractivity contribution >= 4 is 16.8 Å². The first kappa shape index (κ1) is 23.1. The molecule has 0 saturated heterocycles. The lowest BCUT2D eigenvalue weighted by atomic mass is 9.95. The summed E-state index contributed by atoms with van der Waals surface area (Å²) in [5.41, 5.74) is 7.93. The molecule has 0 spiro atoms. The summed E-state index contributed by atoms with van der Waals surface area (Å²) in [7, 11) is 0. The predicted molar refractivity (Wildman–Crippen MR) is 147 cm³/mol. The maximum Gasteiger partial charge on any atom is 0.255 e. The van der Waals surface area contributed by atoms with Gasteiger partial charge in [0.05, 0.1) is 24.8 Å². The van der Waals surface area contributed by atoms with Gasteiger partial charge in [0.1, 0.15) is 5.75 Å². The van der Waals surface area contributed by atoms with Crippen LogP contribution in [0, 0.1) is 0 Å². The highest BCUT2D eigenvalue weighted by Crippen LogP contribution is 2.36. The number of hydrogen-bond donors (Lipinski definition) is 3. The summed E-state index contributed by atoms with van der Waals surface area (Å²) in [6.07, 6.45) is 3.23. The van der Waals surface area contributed by atoms with E-state index in [1.807, 2.05) is 60.8 Å². The van der Waals surface area contributed by atoms with Crippen molar-refractivity contribution in [2.75, 3.05) is 13.2 Å². The van der Waals surface area contributed by atoms with E-state index < -0.39 is 6.04 Å². The average molecular weight is 489 g/mol. The van der Waals surface area contributed by atoms with Crippen LogP contribution in [0.4, 0.5) is 0 Å². The third kappa shape index (κ3) is 4.61. The molecule has 1 aromatic heterocycles. The van der Waals surface area contributed by atoms with Crippen LogP contribution in [0.2, 0.25) is 0 Å². The van der Waals surface area contributed by atoms with Crippen LogP contribution in [-0.4, -0.2) is 35.3 Å². The van der Waals surface area contributed by atoms with Crippen molar-refractivity contribution in [1.82, 2.24) is 10.3 Å². The van der Waals surface area contributed by atoms with Crippen LogP contribution >= 0.6 is 0 Å². The van der Waals surface area contributed by atoms with Gasteiger partial charge in [-0.05, 0) is 64.1 Å². The van der Waals surface area contributed by atoms with Gasteiger partial charge >= 0.3 is 0 Å². The fraction of sp³-hybridized carbons (Fsp3) is 0.156. The summed E-state index contributed by atoms with van der Waals surface area (Å²) < 4.78 is 5.89. The third-order valence-electron chi connectivity index (χ3n) is 7.03. The van der Waals surface area contributed by atoms with Crippen molar-refractivity contribution in [3.05, 3.63) is 114 Å². The Kier molecular flexibility index (Phi) is 6.21. The van der Waals surface area contributed by atoms with Crippen molar-refractivity contribution in [3.63, 3.8) is 0 Å². The fourth-order valence-electron chi connectivity index (χ4n) is 5.14. The van der Waals surface area contributed by atoms with E-state index in [2.05, 4.69) is 46.7 Å². The zero-order valence-corrected chi connectivity index (χ0v) is 20.4. The van der Waals surface area contributed by atoms with Crippen LogP contribution < -0.4 is 10.1 Å². The summed E-state index contributed by atoms with van der Waals surface area (Å²) in [4.78, 5) is 16.8. The smallest absolute Gasteiger partial charge is 0.255 e. The number of carbonyl (C=O) groups excluding carboxylic acids is 1. The van der Waals surface area contributed by atoms with Gasteiger partial charge in [-0.3, -0.25) is 4.79 Å². The number of amides is 1. The Hall–Kier alpha value is -4.35. The summed E-state index contributed by atoms with van der Waals surface area (Å²) >= 11 is 0. The lowest BCUT2D eigenvalue weighted by Gasteiger charge is -2.18. The second-order valence-corrected chi connectivity index (χ2v) is 9.47. The second-order valence-electron chi connectivity index (χ2n) is 9.47. The molecule has 0 unspecified atom stereocenters. The van der Waals surface area contributed by atoms with Crippen LogP contribution in [0.25, 0.3) is 33.2 Å². The molecule has 1 aliphatic heterocycles. The number of nitrogens with one attached hydrogen (secondary N) is 2. The lowest BCUT2D eigenvalue weighted by molar-refractivity contribution is 0.0913. The standard InChI is InChI=1S/C32H28N2O3/c35-20-27(17-26-19-33-30-12-5-4-11-28(26)30)34-32(36)29-18-25(16-24-13-14-37-31(24)29)23-10-6-9-22(15-23)21-7-2-1-3-8-21/h1-12,15-16,18-19,27,33,35H,13-14,17,20H2,(H,34,36)/t27-/m1/s1. The SMILES string of the molecule is O=C(N[C@@H](CO)Cc1c[nH]c2ccccc12)c1cc(-c2cccc(-c3ccccc3)c2)cc2c1OCC2. The number of aromatic nitrogens is 1. The number of aliphatic hydroxyl groups is 1. The minimum Gasteiger partial charge on any atom is -0.492 e. The number of ether oxygens (including phenoxy) is 1. The van der Waals surface area contributed by atoms with Crippen molar-refractivity contribution < 1.29 is 14.6 Å². The molecule has 0 fully saturated rings. The Morgan fingerprint density at radius 2 is 1.65 bits per heavy atom. The number of H-pyrrole nitrogens is 1. The average Bonchev–Trinajstić information content (AvgIpc) is 3.60. The normalized spacial score (nSPS) is 13.2. The number of benzene rings is 4. The van der Waals surface area contributed by atoms with Crippen LogP contribution in [0.1, 0.15) is 21.5 Å². The van der Waals surface area contributed by atoms with E-state index in [0.29, 0.717) is 24.3 Å². The van der Waals surface area contributed by atoms with Crippen molar-refractivity contribution in [1.29, 1.82) is 0 Å². The van der Waals surface area contributed by atoms with Gasteiger partial charge in [-0.1, -0.05) is 66.7 Å². The van der Waals surface area contributed by atoms with Gasteiger partial charge in [-0.2, -0.15) is 0 Å². The number of para-hydroxylation sites is 1. The highest BCUT2D eigenvalue weighted by molar-refractivity contribution is 5.99. The third-order valence-corrected chi connectivity index (χ3v) is 7.03. The number of rotatable bonds is 7. The van der Waals surface area contributed by atoms with Gasteiger partial charge < -0.3 is 20.1 Å². The maximum atomic E-state index is 13.5. The van der Waals surface area contributed by atoms with E-state index in [0.717, 1.165) is 50.7 Å². The van der Waals surface area contributed by atoms with Crippen LogP contribution in [-0.2, 0) is 12.8 Å². The number of fused-ring (bicyclic) bond motifs is 2. The molecule has 0 saturated carbocycles. The van der Waals surface area contributed by atoms with Crippen LogP contribution in [0.3, 0.4) is 0 Å². The molecule has 4 aromatic carbocycles. The molecule has 3 N–H and O–H groups in total. The monoisotopic (exact) mass is 488 g/mol. The Morgan fingerprint density at radius 1 is 0.892 bits per heavy atom. The van der Waals surface area contributed by atoms with E-state index in [1.165, 1.54) is 0 Å². The van der Waals surface area contributed by atoms with Gasteiger partial charge in [-0.15, -0.1) is 0 Å². The number of hydrogen-bond acceptors (Lipinski definition) is 3. The number of aliphatic hydroxyl groups excluding tert-OH is 1. The Morgan fingerprint density at radius 3 is 2.49 bits per heavy atom. The molecule has 5 nitrogen and oxygen atoms in total. The molecule has 6 rings (SSSR count). The van der Waals surface area contributed by atoms with Gasteiger partial charge in [-0.25, -0.2) is 0 Å². The van der Waals surface area contributed by atoms with Gasteiger partial charge in [0, 0.05) is 23.5 Å². The molecule has 184 valence electrons. The minimum atomic E-state index is -0.422. The molecule has 0 aliphatic carbocycles. The van der Waals surface area contributed by atoms with Crippen molar-refractivity contribution in [2.45, 2.75) is 18.9 Å². The molecule has 0 bridgehead atoms. The zero-order chi connectivity index (χ0) is 25.2. The highest BCUT2D eigenvalue weighted by Gasteiger charge is 2.25. The van der Waals surface area contributed by atoms with Gasteiger partial charge in [0.15, 0.2) is 0 Å². The highest BCUT2D eigenvalue weighted by atomic mass is 16.5. The maximum absolute atomic E-state index is 13.5. The second kappa shape index (κ2) is 9.96. The Bertz CT molecular complexity index is 1570. The first-order valence-corrected chi connectivity index (χ1v) is 12.6. The molecule has 1 amide bonds. The summed E-state index contributed by atoms with van der Waals surface area (Å²) in [5.74, 6) is 0.405.